The van der Waals surface area contributed by atoms with E-state index in [-0.39, 0.29) is 38.2 Å². The molecule has 0 spiro atoms. The highest BCUT2D eigenvalue weighted by Crippen LogP contribution is 2.48. The van der Waals surface area contributed by atoms with Crippen LogP contribution < -0.4 is 4.74 Å². The lowest BCUT2D eigenvalue weighted by Crippen LogP contribution is -2.57. The molecule has 1 aliphatic heterocycles. The summed E-state index contributed by atoms with van der Waals surface area (Å²) in [7, 11) is -4.21. The maximum absolute atomic E-state index is 13.6. The van der Waals surface area contributed by atoms with E-state index in [1.165, 1.54) is 0 Å². The van der Waals surface area contributed by atoms with Crippen molar-refractivity contribution in [2.24, 2.45) is 0 Å². The molecule has 234 valence electrons. The fraction of sp³-hybridized carbons (Fsp3) is 0.581. The maximum atomic E-state index is 13.6. The normalized spacial score (nSPS) is 20.1. The van der Waals surface area contributed by atoms with Crippen molar-refractivity contribution in [3.05, 3.63) is 65.7 Å². The summed E-state index contributed by atoms with van der Waals surface area (Å²) in [6.07, 6.45) is -1.52. The van der Waals surface area contributed by atoms with Gasteiger partial charge in [-0.25, -0.2) is 0 Å². The summed E-state index contributed by atoms with van der Waals surface area (Å²) in [5, 5.41) is 0. The SMILES string of the molecule is CCOP(=O)(CC(=O)C[C@@](C)(O[Si](C)(C)C)[C@@H](OCc1ccc(OC)cc1)C1CCO[C@H](c2ccccc2)O1)OCC. The minimum atomic E-state index is -3.59. The Bertz CT molecular complexity index is 1150. The van der Waals surface area contributed by atoms with Crippen molar-refractivity contribution in [3.8, 4) is 5.75 Å². The smallest absolute Gasteiger partial charge is 0.338 e. The Morgan fingerprint density at radius 2 is 1.69 bits per heavy atom. The maximum Gasteiger partial charge on any atom is 0.338 e. The molecule has 2 aromatic rings. The Morgan fingerprint density at radius 3 is 2.26 bits per heavy atom. The van der Waals surface area contributed by atoms with Crippen LogP contribution in [0.4, 0.5) is 0 Å². The molecule has 3 rings (SSSR count). The predicted molar refractivity (Wildman–Crippen MR) is 164 cm³/mol. The zero-order chi connectivity index (χ0) is 30.8. The van der Waals surface area contributed by atoms with E-state index in [1.54, 1.807) is 21.0 Å². The van der Waals surface area contributed by atoms with E-state index >= 15 is 0 Å². The molecule has 9 nitrogen and oxygen atoms in total. The molecule has 0 aliphatic carbocycles. The van der Waals surface area contributed by atoms with Gasteiger partial charge in [-0.2, -0.15) is 0 Å². The number of Topliss-reactive ketones (excluding diaryl/α,β-unsaturated/α-hetero) is 1. The third-order valence-electron chi connectivity index (χ3n) is 6.68. The van der Waals surface area contributed by atoms with Crippen LogP contribution in [0.25, 0.3) is 0 Å². The van der Waals surface area contributed by atoms with Gasteiger partial charge in [-0.3, -0.25) is 9.36 Å². The second-order valence-electron chi connectivity index (χ2n) is 11.5. The zero-order valence-corrected chi connectivity index (χ0v) is 27.9. The van der Waals surface area contributed by atoms with Gasteiger partial charge >= 0.3 is 7.60 Å². The highest BCUT2D eigenvalue weighted by Gasteiger charge is 2.48. The van der Waals surface area contributed by atoms with Crippen molar-refractivity contribution in [3.63, 3.8) is 0 Å². The molecule has 1 fully saturated rings. The fourth-order valence-corrected chi connectivity index (χ4v) is 8.40. The van der Waals surface area contributed by atoms with Crippen LogP contribution in [0, 0.1) is 0 Å². The first kappa shape index (κ1) is 34.6. The van der Waals surface area contributed by atoms with Crippen molar-refractivity contribution >= 4 is 21.7 Å². The van der Waals surface area contributed by atoms with Gasteiger partial charge in [0.15, 0.2) is 14.6 Å². The van der Waals surface area contributed by atoms with E-state index in [1.807, 2.05) is 61.5 Å². The minimum absolute atomic E-state index is 0.0502. The van der Waals surface area contributed by atoms with Crippen LogP contribution in [0.3, 0.4) is 0 Å². The fourth-order valence-electron chi connectivity index (χ4n) is 5.23. The molecule has 0 saturated carbocycles. The lowest BCUT2D eigenvalue weighted by molar-refractivity contribution is -0.263. The summed E-state index contributed by atoms with van der Waals surface area (Å²) in [5.74, 6) is 0.463. The Morgan fingerprint density at radius 1 is 1.05 bits per heavy atom. The molecule has 0 N–H and O–H groups in total. The molecular formula is C31H47O9PSi. The van der Waals surface area contributed by atoms with Crippen LogP contribution in [-0.2, 0) is 43.7 Å². The van der Waals surface area contributed by atoms with Crippen molar-refractivity contribution in [2.75, 3.05) is 33.1 Å². The minimum Gasteiger partial charge on any atom is -0.497 e. The topological polar surface area (TPSA) is 98.8 Å². The van der Waals surface area contributed by atoms with Crippen LogP contribution >= 0.6 is 7.60 Å². The number of hydrogen-bond donors (Lipinski definition) is 0. The molecule has 0 amide bonds. The van der Waals surface area contributed by atoms with Crippen LogP contribution in [-0.4, -0.2) is 65.0 Å². The van der Waals surface area contributed by atoms with E-state index in [2.05, 4.69) is 19.6 Å². The summed E-state index contributed by atoms with van der Waals surface area (Å²) in [5.41, 5.74) is 0.737. The van der Waals surface area contributed by atoms with E-state index in [0.717, 1.165) is 16.9 Å². The average molecular weight is 623 g/mol. The van der Waals surface area contributed by atoms with Crippen LogP contribution in [0.5, 0.6) is 5.75 Å². The second-order valence-corrected chi connectivity index (χ2v) is 18.0. The molecule has 1 saturated heterocycles. The summed E-state index contributed by atoms with van der Waals surface area (Å²) in [4.78, 5) is 13.6. The van der Waals surface area contributed by atoms with Gasteiger partial charge in [-0.05, 0) is 64.5 Å². The summed E-state index contributed by atoms with van der Waals surface area (Å²) in [6.45, 7) is 12.6. The van der Waals surface area contributed by atoms with Crippen molar-refractivity contribution < 1.29 is 41.8 Å². The van der Waals surface area contributed by atoms with Gasteiger partial charge < -0.3 is 32.4 Å². The first-order chi connectivity index (χ1) is 19.9. The van der Waals surface area contributed by atoms with Gasteiger partial charge in [0.2, 0.25) is 0 Å². The molecule has 4 atom stereocenters. The molecule has 1 unspecified atom stereocenters. The van der Waals surface area contributed by atoms with Gasteiger partial charge in [0.25, 0.3) is 0 Å². The number of ketones is 1. The molecule has 1 aliphatic rings. The number of benzene rings is 2. The molecule has 0 radical (unpaired) electrons. The molecule has 0 aromatic heterocycles. The van der Waals surface area contributed by atoms with Crippen LogP contribution in [0.2, 0.25) is 19.6 Å². The molecule has 11 heteroatoms. The monoisotopic (exact) mass is 622 g/mol. The average Bonchev–Trinajstić information content (AvgIpc) is 2.93. The number of carbonyl (C=O) groups excluding carboxylic acids is 1. The van der Waals surface area contributed by atoms with Gasteiger partial charge in [0.1, 0.15) is 23.8 Å². The highest BCUT2D eigenvalue weighted by atomic mass is 31.2. The van der Waals surface area contributed by atoms with Gasteiger partial charge in [0, 0.05) is 12.0 Å². The van der Waals surface area contributed by atoms with Gasteiger partial charge in [-0.1, -0.05) is 42.5 Å². The van der Waals surface area contributed by atoms with Crippen LogP contribution in [0.1, 0.15) is 51.0 Å². The number of ether oxygens (including phenoxy) is 4. The van der Waals surface area contributed by atoms with E-state index in [0.29, 0.717) is 13.0 Å². The molecule has 42 heavy (non-hydrogen) atoms. The summed E-state index contributed by atoms with van der Waals surface area (Å²) >= 11 is 0. The van der Waals surface area contributed by atoms with Crippen LogP contribution in [0.15, 0.2) is 54.6 Å². The summed E-state index contributed by atoms with van der Waals surface area (Å²) in [6, 6.07) is 17.4. The van der Waals surface area contributed by atoms with Crippen molar-refractivity contribution in [1.29, 1.82) is 0 Å². The Labute approximate surface area is 251 Å². The predicted octanol–water partition coefficient (Wildman–Crippen LogP) is 6.92. The largest absolute Gasteiger partial charge is 0.497 e. The standard InChI is InChI=1S/C31H47O9PSi/c1-8-37-41(33,38-9-2)23-26(32)21-31(3,40-42(5,6)7)29(36-22-24-15-17-27(34-4)18-16-24)28-19-20-35-30(39-28)25-13-11-10-12-14-25/h10-18,28-30H,8-9,19-23H2,1-7H3/t28?,29-,30-,31+/m0/s1. The number of carbonyl (C=O) groups is 1. The third kappa shape index (κ3) is 10.4. The zero-order valence-electron chi connectivity index (χ0n) is 26.0. The van der Waals surface area contributed by atoms with Gasteiger partial charge in [-0.15, -0.1) is 0 Å². The van der Waals surface area contributed by atoms with E-state index < -0.39 is 40.0 Å². The molecule has 1 heterocycles. The first-order valence-corrected chi connectivity index (χ1v) is 19.7. The van der Waals surface area contributed by atoms with E-state index in [4.69, 9.17) is 32.4 Å². The number of rotatable bonds is 17. The van der Waals surface area contributed by atoms with Crippen molar-refractivity contribution in [1.82, 2.24) is 0 Å². The molecule has 0 bridgehead atoms. The Kier molecular flexibility index (Phi) is 13.0. The number of hydrogen-bond acceptors (Lipinski definition) is 9. The molecular weight excluding hydrogens is 575 g/mol. The lowest BCUT2D eigenvalue weighted by Gasteiger charge is -2.46. The Hall–Kier alpha value is -1.88. The number of methoxy groups -OCH3 is 1. The highest BCUT2D eigenvalue weighted by molar-refractivity contribution is 7.54. The lowest BCUT2D eigenvalue weighted by atomic mass is 9.88. The first-order valence-electron chi connectivity index (χ1n) is 14.6. The Balaban J connectivity index is 1.95. The van der Waals surface area contributed by atoms with Crippen molar-refractivity contribution in [2.45, 2.75) is 84.0 Å². The second kappa shape index (κ2) is 15.7. The third-order valence-corrected chi connectivity index (χ3v) is 9.80. The molecule has 2 aromatic carbocycles. The van der Waals surface area contributed by atoms with Gasteiger partial charge in [0.05, 0.1) is 45.2 Å². The quantitative estimate of drug-likeness (QED) is 0.138. The van der Waals surface area contributed by atoms with E-state index in [9.17, 15) is 9.36 Å². The summed E-state index contributed by atoms with van der Waals surface area (Å²) < 4.78 is 55.4.